The molecule has 0 atom stereocenters. The Labute approximate surface area is 208 Å². The van der Waals surface area contributed by atoms with E-state index in [1.165, 1.54) is 30.4 Å². The minimum absolute atomic E-state index is 0.0226. The van der Waals surface area contributed by atoms with E-state index in [0.29, 0.717) is 26.1 Å². The zero-order valence-corrected chi connectivity index (χ0v) is 20.5. The summed E-state index contributed by atoms with van der Waals surface area (Å²) < 4.78 is 11.1. The maximum atomic E-state index is 13.1. The number of likely N-dealkylation sites (tertiary alicyclic amines) is 1. The summed E-state index contributed by atoms with van der Waals surface area (Å²) >= 11 is 0. The first-order chi connectivity index (χ1) is 17.1. The van der Waals surface area contributed by atoms with Gasteiger partial charge < -0.3 is 19.7 Å². The lowest BCUT2D eigenvalue weighted by atomic mass is 9.69. The number of hydrogen-bond acceptors (Lipinski definition) is 4. The van der Waals surface area contributed by atoms with Crippen molar-refractivity contribution in [1.29, 1.82) is 0 Å². The van der Waals surface area contributed by atoms with Crippen LogP contribution >= 0.6 is 0 Å². The largest absolute Gasteiger partial charge is 0.454 e. The van der Waals surface area contributed by atoms with Gasteiger partial charge in [0.2, 0.25) is 18.6 Å². The molecule has 0 aromatic heterocycles. The third-order valence-electron chi connectivity index (χ3n) is 8.09. The minimum Gasteiger partial charge on any atom is -0.454 e. The molecule has 0 unspecified atom stereocenters. The van der Waals surface area contributed by atoms with Crippen LogP contribution < -0.4 is 14.8 Å². The highest BCUT2D eigenvalue weighted by Gasteiger charge is 2.36. The number of amides is 2. The Morgan fingerprint density at radius 2 is 1.69 bits per heavy atom. The Kier molecular flexibility index (Phi) is 7.26. The Morgan fingerprint density at radius 3 is 2.46 bits per heavy atom. The molecule has 2 aliphatic heterocycles. The first-order valence-corrected chi connectivity index (χ1v) is 13.1. The van der Waals surface area contributed by atoms with Crippen molar-refractivity contribution in [3.63, 3.8) is 0 Å². The molecule has 1 N–H and O–H groups in total. The van der Waals surface area contributed by atoms with Crippen LogP contribution in [0.4, 0.5) is 0 Å². The van der Waals surface area contributed by atoms with Crippen LogP contribution in [0.2, 0.25) is 0 Å². The number of benzene rings is 2. The molecule has 0 spiro atoms. The molecule has 2 aromatic carbocycles. The van der Waals surface area contributed by atoms with Crippen LogP contribution in [0.25, 0.3) is 0 Å². The van der Waals surface area contributed by atoms with Crippen molar-refractivity contribution in [2.75, 3.05) is 26.4 Å². The summed E-state index contributed by atoms with van der Waals surface area (Å²) in [4.78, 5) is 27.7. The molecular weight excluding hydrogens is 440 g/mol. The normalized spacial score (nSPS) is 19.4. The lowest BCUT2D eigenvalue weighted by molar-refractivity contribution is -0.135. The monoisotopic (exact) mass is 476 g/mol. The van der Waals surface area contributed by atoms with Gasteiger partial charge in [0.1, 0.15) is 0 Å². The fourth-order valence-corrected chi connectivity index (χ4v) is 5.87. The number of rotatable bonds is 7. The van der Waals surface area contributed by atoms with E-state index in [0.717, 1.165) is 43.6 Å². The molecule has 5 rings (SSSR count). The molecule has 1 saturated carbocycles. The molecule has 3 aliphatic rings. The SMILES string of the molecule is O=C(NCC1(c2ccc3c(c2)OCO3)CCCCC1)C1CCN(C(=O)CCc2ccccc2)CC1. The van der Waals surface area contributed by atoms with Crippen LogP contribution in [0.5, 0.6) is 11.5 Å². The summed E-state index contributed by atoms with van der Waals surface area (Å²) in [6.45, 7) is 2.26. The number of nitrogens with zero attached hydrogens (tertiary/aromatic N) is 1. The van der Waals surface area contributed by atoms with Gasteiger partial charge in [-0.15, -0.1) is 0 Å². The van der Waals surface area contributed by atoms with Crippen LogP contribution in [0.1, 0.15) is 62.5 Å². The number of fused-ring (bicyclic) bond motifs is 1. The van der Waals surface area contributed by atoms with Crippen molar-refractivity contribution < 1.29 is 19.1 Å². The second-order valence-corrected chi connectivity index (χ2v) is 10.3. The highest BCUT2D eigenvalue weighted by Crippen LogP contribution is 2.43. The molecule has 2 heterocycles. The van der Waals surface area contributed by atoms with Gasteiger partial charge >= 0.3 is 0 Å². The molecule has 1 saturated heterocycles. The highest BCUT2D eigenvalue weighted by atomic mass is 16.7. The van der Waals surface area contributed by atoms with Crippen molar-refractivity contribution in [2.24, 2.45) is 5.92 Å². The van der Waals surface area contributed by atoms with E-state index in [1.54, 1.807) is 0 Å². The highest BCUT2D eigenvalue weighted by molar-refractivity contribution is 5.80. The summed E-state index contributed by atoms with van der Waals surface area (Å²) in [6, 6.07) is 16.4. The third-order valence-corrected chi connectivity index (χ3v) is 8.09. The van der Waals surface area contributed by atoms with Gasteiger partial charge in [-0.1, -0.05) is 55.7 Å². The Hall–Kier alpha value is -3.02. The van der Waals surface area contributed by atoms with E-state index >= 15 is 0 Å². The molecule has 186 valence electrons. The molecule has 6 heteroatoms. The summed E-state index contributed by atoms with van der Waals surface area (Å²) in [5, 5.41) is 3.31. The number of nitrogens with one attached hydrogen (secondary N) is 1. The topological polar surface area (TPSA) is 67.9 Å². The van der Waals surface area contributed by atoms with Crippen LogP contribution in [-0.4, -0.2) is 43.1 Å². The van der Waals surface area contributed by atoms with Gasteiger partial charge in [0.25, 0.3) is 0 Å². The van der Waals surface area contributed by atoms with Crippen molar-refractivity contribution in [3.05, 3.63) is 59.7 Å². The van der Waals surface area contributed by atoms with Gasteiger partial charge in [-0.25, -0.2) is 0 Å². The third kappa shape index (κ3) is 5.47. The second kappa shape index (κ2) is 10.7. The first-order valence-electron chi connectivity index (χ1n) is 13.1. The maximum absolute atomic E-state index is 13.1. The van der Waals surface area contributed by atoms with E-state index < -0.39 is 0 Å². The number of carbonyl (C=O) groups is 2. The predicted octanol–water partition coefficient (Wildman–Crippen LogP) is 4.60. The van der Waals surface area contributed by atoms with Crippen molar-refractivity contribution in [2.45, 2.75) is 63.2 Å². The number of aryl methyl sites for hydroxylation is 1. The zero-order valence-electron chi connectivity index (χ0n) is 20.5. The van der Waals surface area contributed by atoms with Crippen molar-refractivity contribution in [1.82, 2.24) is 10.2 Å². The van der Waals surface area contributed by atoms with Gasteiger partial charge in [0.05, 0.1) is 0 Å². The molecule has 35 heavy (non-hydrogen) atoms. The molecule has 0 bridgehead atoms. The number of carbonyl (C=O) groups excluding carboxylic acids is 2. The van der Waals surface area contributed by atoms with E-state index in [2.05, 4.69) is 29.6 Å². The Morgan fingerprint density at radius 1 is 0.943 bits per heavy atom. The lowest BCUT2D eigenvalue weighted by Gasteiger charge is -2.39. The average Bonchev–Trinajstić information content (AvgIpc) is 3.40. The van der Waals surface area contributed by atoms with Crippen LogP contribution in [-0.2, 0) is 21.4 Å². The molecule has 6 nitrogen and oxygen atoms in total. The Balaban J connectivity index is 1.13. The molecule has 0 radical (unpaired) electrons. The second-order valence-electron chi connectivity index (χ2n) is 10.3. The maximum Gasteiger partial charge on any atom is 0.231 e. The standard InChI is InChI=1S/C29H36N2O4/c32-27(12-9-22-7-3-1-4-8-22)31-17-13-23(14-18-31)28(33)30-20-29(15-5-2-6-16-29)24-10-11-25-26(19-24)35-21-34-25/h1,3-4,7-8,10-11,19,23H,2,5-6,9,12-18,20-21H2,(H,30,33). The van der Waals surface area contributed by atoms with Crippen LogP contribution in [0.3, 0.4) is 0 Å². The summed E-state index contributed by atoms with van der Waals surface area (Å²) in [5.41, 5.74) is 2.37. The van der Waals surface area contributed by atoms with E-state index in [1.807, 2.05) is 29.2 Å². The summed E-state index contributed by atoms with van der Waals surface area (Å²) in [6.07, 6.45) is 8.50. The molecule has 2 fully saturated rings. The summed E-state index contributed by atoms with van der Waals surface area (Å²) in [5.74, 6) is 1.91. The fraction of sp³-hybridized carbons (Fsp3) is 0.517. The molecule has 2 amide bonds. The molecule has 2 aromatic rings. The molecular formula is C29H36N2O4. The van der Waals surface area contributed by atoms with Gasteiger partial charge in [0, 0.05) is 37.4 Å². The van der Waals surface area contributed by atoms with E-state index in [9.17, 15) is 9.59 Å². The summed E-state index contributed by atoms with van der Waals surface area (Å²) in [7, 11) is 0. The lowest BCUT2D eigenvalue weighted by Crippen LogP contribution is -2.47. The van der Waals surface area contributed by atoms with Crippen LogP contribution in [0.15, 0.2) is 48.5 Å². The zero-order chi connectivity index (χ0) is 24.1. The quantitative estimate of drug-likeness (QED) is 0.634. The van der Waals surface area contributed by atoms with Gasteiger partial charge in [0.15, 0.2) is 11.5 Å². The predicted molar refractivity (Wildman–Crippen MR) is 134 cm³/mol. The number of piperidine rings is 1. The van der Waals surface area contributed by atoms with Crippen molar-refractivity contribution >= 4 is 11.8 Å². The Bertz CT molecular complexity index is 1020. The van der Waals surface area contributed by atoms with Crippen LogP contribution in [0, 0.1) is 5.92 Å². The molecule has 1 aliphatic carbocycles. The number of ether oxygens (including phenoxy) is 2. The number of hydrogen-bond donors (Lipinski definition) is 1. The van der Waals surface area contributed by atoms with Gasteiger partial charge in [-0.2, -0.15) is 0 Å². The first kappa shape index (κ1) is 23.7. The van der Waals surface area contributed by atoms with Crippen molar-refractivity contribution in [3.8, 4) is 11.5 Å². The average molecular weight is 477 g/mol. The van der Waals surface area contributed by atoms with Gasteiger partial charge in [-0.05, 0) is 55.4 Å². The van der Waals surface area contributed by atoms with E-state index in [4.69, 9.17) is 9.47 Å². The van der Waals surface area contributed by atoms with E-state index in [-0.39, 0.29) is 29.9 Å². The fourth-order valence-electron chi connectivity index (χ4n) is 5.87. The van der Waals surface area contributed by atoms with Gasteiger partial charge in [-0.3, -0.25) is 9.59 Å². The minimum atomic E-state index is -0.0526. The smallest absolute Gasteiger partial charge is 0.231 e.